The van der Waals surface area contributed by atoms with Gasteiger partial charge in [0.25, 0.3) is 0 Å². The van der Waals surface area contributed by atoms with Gasteiger partial charge in [-0.05, 0) is 43.8 Å². The maximum atomic E-state index is 13.4. The zero-order chi connectivity index (χ0) is 32.9. The Kier molecular flexibility index (Phi) is 17.4. The highest BCUT2D eigenvalue weighted by Gasteiger charge is 2.32. The Bertz CT molecular complexity index is 1030. The summed E-state index contributed by atoms with van der Waals surface area (Å²) in [5.41, 5.74) is 0.917. The first-order valence-electron chi connectivity index (χ1n) is 15.3. The molecule has 12 heteroatoms. The number of carbonyl (C=O) groups excluding carboxylic acids is 4. The second-order valence-corrected chi connectivity index (χ2v) is 14.7. The van der Waals surface area contributed by atoms with Crippen molar-refractivity contribution in [2.75, 3.05) is 18.6 Å². The maximum absolute atomic E-state index is 13.4. The highest BCUT2D eigenvalue weighted by Crippen LogP contribution is 2.18. The molecular formula is C31H55N5O5S2. The lowest BCUT2D eigenvalue weighted by atomic mass is 9.91. The topological polar surface area (TPSA) is 150 Å². The van der Waals surface area contributed by atoms with Crippen LogP contribution in [0.1, 0.15) is 78.9 Å². The molecule has 0 fully saturated rings. The normalized spacial score (nSPS) is 15.9. The first kappa shape index (κ1) is 38.8. The molecule has 0 spiro atoms. The molecule has 0 saturated heterocycles. The molecule has 6 atom stereocenters. The Labute approximate surface area is 266 Å². The number of aryl methyl sites for hydroxylation is 1. The minimum Gasteiger partial charge on any atom is -0.391 e. The van der Waals surface area contributed by atoms with Crippen LogP contribution in [0.4, 0.5) is 0 Å². The molecule has 0 aliphatic carbocycles. The van der Waals surface area contributed by atoms with Crippen molar-refractivity contribution in [3.05, 3.63) is 16.1 Å². The standard InChI is InChI=1S/C31H55N5O5S2/c1-17(2)11-23(25(37)12-20(7)29(39)36-27(19(5)6)31(41)32-14-18(3)4)34-30(40)24(16-42-10)35-28(38)21(8)13-26-33-22(9)15-43-26/h15,17-21,23-25,27,37H,11-14,16H2,1-10H3,(H,32,41)(H,34,40)(H,35,38)(H,36,39)/t20-,21?,23-,24+,25+,27-/m1/s1. The van der Waals surface area contributed by atoms with Crippen LogP contribution in [0.5, 0.6) is 0 Å². The fourth-order valence-electron chi connectivity index (χ4n) is 4.50. The molecule has 0 aromatic carbocycles. The Morgan fingerprint density at radius 1 is 0.860 bits per heavy atom. The van der Waals surface area contributed by atoms with Crippen molar-refractivity contribution in [2.24, 2.45) is 29.6 Å². The van der Waals surface area contributed by atoms with Crippen LogP contribution in [0.15, 0.2) is 5.38 Å². The zero-order valence-corrected chi connectivity index (χ0v) is 29.3. The van der Waals surface area contributed by atoms with Crippen LogP contribution in [-0.4, -0.2) is 76.5 Å². The van der Waals surface area contributed by atoms with Crippen LogP contribution in [0.2, 0.25) is 0 Å². The van der Waals surface area contributed by atoms with Gasteiger partial charge in [-0.1, -0.05) is 55.4 Å². The molecule has 0 aliphatic rings. The number of aliphatic hydroxyl groups is 1. The number of hydrogen-bond acceptors (Lipinski definition) is 8. The lowest BCUT2D eigenvalue weighted by molar-refractivity contribution is -0.133. The highest BCUT2D eigenvalue weighted by molar-refractivity contribution is 7.98. The summed E-state index contributed by atoms with van der Waals surface area (Å²) < 4.78 is 0. The number of thiazole rings is 1. The predicted octanol–water partition coefficient (Wildman–Crippen LogP) is 3.31. The van der Waals surface area contributed by atoms with Gasteiger partial charge in [0.05, 0.1) is 17.2 Å². The molecule has 5 N–H and O–H groups in total. The van der Waals surface area contributed by atoms with Crippen molar-refractivity contribution in [1.29, 1.82) is 0 Å². The van der Waals surface area contributed by atoms with Crippen molar-refractivity contribution < 1.29 is 24.3 Å². The van der Waals surface area contributed by atoms with E-state index in [9.17, 15) is 24.3 Å². The van der Waals surface area contributed by atoms with Gasteiger partial charge in [0.15, 0.2) is 0 Å². The van der Waals surface area contributed by atoms with Gasteiger partial charge in [0.1, 0.15) is 12.1 Å². The van der Waals surface area contributed by atoms with Gasteiger partial charge >= 0.3 is 0 Å². The van der Waals surface area contributed by atoms with Gasteiger partial charge in [-0.3, -0.25) is 19.2 Å². The molecule has 0 radical (unpaired) electrons. The Morgan fingerprint density at radius 2 is 1.49 bits per heavy atom. The minimum absolute atomic E-state index is 0.103. The average Bonchev–Trinajstić information content (AvgIpc) is 3.32. The largest absolute Gasteiger partial charge is 0.391 e. The van der Waals surface area contributed by atoms with Gasteiger partial charge < -0.3 is 26.4 Å². The van der Waals surface area contributed by atoms with E-state index < -0.39 is 30.1 Å². The number of aliphatic hydroxyl groups excluding tert-OH is 1. The Balaban J connectivity index is 2.88. The number of amides is 4. The van der Waals surface area contributed by atoms with Crippen molar-refractivity contribution >= 4 is 46.7 Å². The van der Waals surface area contributed by atoms with Gasteiger partial charge in [0, 0.05) is 41.6 Å². The average molecular weight is 642 g/mol. The number of carbonyl (C=O) groups is 4. The Morgan fingerprint density at radius 3 is 2.00 bits per heavy atom. The summed E-state index contributed by atoms with van der Waals surface area (Å²) in [6.45, 7) is 17.7. The number of thioether (sulfide) groups is 1. The van der Waals surface area contributed by atoms with Crippen LogP contribution < -0.4 is 21.3 Å². The van der Waals surface area contributed by atoms with Crippen LogP contribution in [0, 0.1) is 36.5 Å². The zero-order valence-electron chi connectivity index (χ0n) is 27.7. The molecule has 10 nitrogen and oxygen atoms in total. The van der Waals surface area contributed by atoms with Gasteiger partial charge in [-0.15, -0.1) is 11.3 Å². The van der Waals surface area contributed by atoms with Gasteiger partial charge in [-0.25, -0.2) is 4.98 Å². The number of rotatable bonds is 19. The van der Waals surface area contributed by atoms with Gasteiger partial charge in [-0.2, -0.15) is 11.8 Å². The van der Waals surface area contributed by atoms with E-state index in [0.29, 0.717) is 25.1 Å². The van der Waals surface area contributed by atoms with E-state index in [2.05, 4.69) is 26.3 Å². The molecule has 0 saturated carbocycles. The summed E-state index contributed by atoms with van der Waals surface area (Å²) in [4.78, 5) is 56.6. The maximum Gasteiger partial charge on any atom is 0.243 e. The first-order chi connectivity index (χ1) is 20.0. The molecule has 43 heavy (non-hydrogen) atoms. The van der Waals surface area contributed by atoms with Crippen molar-refractivity contribution in [3.63, 3.8) is 0 Å². The van der Waals surface area contributed by atoms with E-state index in [4.69, 9.17) is 0 Å². The lowest BCUT2D eigenvalue weighted by Gasteiger charge is -2.30. The molecule has 1 rings (SSSR count). The third kappa shape index (κ3) is 14.4. The fraction of sp³-hybridized carbons (Fsp3) is 0.774. The van der Waals surface area contributed by atoms with Crippen LogP contribution in [0.25, 0.3) is 0 Å². The van der Waals surface area contributed by atoms with Crippen molar-refractivity contribution in [1.82, 2.24) is 26.3 Å². The van der Waals surface area contributed by atoms with Crippen LogP contribution in [0.3, 0.4) is 0 Å². The monoisotopic (exact) mass is 641 g/mol. The van der Waals surface area contributed by atoms with E-state index in [1.165, 1.54) is 23.1 Å². The third-order valence-corrected chi connectivity index (χ3v) is 8.71. The molecule has 0 aliphatic heterocycles. The summed E-state index contributed by atoms with van der Waals surface area (Å²) in [7, 11) is 0. The molecule has 0 bridgehead atoms. The van der Waals surface area contributed by atoms with Crippen LogP contribution >= 0.6 is 23.1 Å². The molecule has 1 aromatic rings. The molecule has 1 unspecified atom stereocenters. The van der Waals surface area contributed by atoms with Crippen molar-refractivity contribution in [2.45, 2.75) is 106 Å². The van der Waals surface area contributed by atoms with E-state index in [0.717, 1.165) is 10.7 Å². The molecular weight excluding hydrogens is 587 g/mol. The third-order valence-electron chi connectivity index (χ3n) is 7.05. The van der Waals surface area contributed by atoms with E-state index in [-0.39, 0.29) is 53.7 Å². The summed E-state index contributed by atoms with van der Waals surface area (Å²) in [5.74, 6) is -1.41. The Hall–Kier alpha value is -2.18. The number of aromatic nitrogens is 1. The summed E-state index contributed by atoms with van der Waals surface area (Å²) in [6.07, 6.45) is 1.95. The second kappa shape index (κ2) is 19.3. The molecule has 4 amide bonds. The van der Waals surface area contributed by atoms with E-state index in [1.807, 2.05) is 67.0 Å². The van der Waals surface area contributed by atoms with E-state index in [1.54, 1.807) is 6.92 Å². The summed E-state index contributed by atoms with van der Waals surface area (Å²) in [6, 6.07) is -2.08. The second-order valence-electron chi connectivity index (χ2n) is 12.8. The van der Waals surface area contributed by atoms with E-state index >= 15 is 0 Å². The predicted molar refractivity (Wildman–Crippen MR) is 176 cm³/mol. The smallest absolute Gasteiger partial charge is 0.243 e. The van der Waals surface area contributed by atoms with Crippen molar-refractivity contribution in [3.8, 4) is 0 Å². The lowest BCUT2D eigenvalue weighted by Crippen LogP contribution is -2.55. The number of nitrogens with one attached hydrogen (secondary N) is 4. The minimum atomic E-state index is -1.00. The number of hydrogen-bond donors (Lipinski definition) is 5. The summed E-state index contributed by atoms with van der Waals surface area (Å²) >= 11 is 2.96. The summed E-state index contributed by atoms with van der Waals surface area (Å²) in [5, 5.41) is 25.6. The first-order valence-corrected chi connectivity index (χ1v) is 17.6. The number of nitrogens with zero attached hydrogens (tertiary/aromatic N) is 1. The highest BCUT2D eigenvalue weighted by atomic mass is 32.2. The molecule has 1 heterocycles. The van der Waals surface area contributed by atoms with Crippen LogP contribution in [-0.2, 0) is 25.6 Å². The fourth-order valence-corrected chi connectivity index (χ4v) is 5.97. The quantitative estimate of drug-likeness (QED) is 0.156. The molecule has 246 valence electrons. The molecule has 1 aromatic heterocycles. The SMILES string of the molecule is CSC[C@H](NC(=O)C(C)Cc1nc(C)cs1)C(=O)N[C@H](CC(C)C)[C@@H](O)C[C@@H](C)C(=O)N[C@@H](C(=O)NCC(C)C)C(C)C. The van der Waals surface area contributed by atoms with Gasteiger partial charge in [0.2, 0.25) is 23.6 Å².